The summed E-state index contributed by atoms with van der Waals surface area (Å²) in [6.07, 6.45) is 3.46. The number of rotatable bonds is 6. The highest BCUT2D eigenvalue weighted by molar-refractivity contribution is 14.0. The van der Waals surface area contributed by atoms with Gasteiger partial charge >= 0.3 is 0 Å². The first-order valence-electron chi connectivity index (χ1n) is 8.46. The maximum Gasteiger partial charge on any atom is 0.219 e. The number of benzene rings is 1. The molecule has 0 amide bonds. The molecule has 0 fully saturated rings. The van der Waals surface area contributed by atoms with Crippen LogP contribution in [0.3, 0.4) is 0 Å². The van der Waals surface area contributed by atoms with Gasteiger partial charge in [-0.1, -0.05) is 18.2 Å². The van der Waals surface area contributed by atoms with Crippen LogP contribution in [0.1, 0.15) is 11.3 Å². The number of ether oxygens (including phenoxy) is 1. The molecule has 0 saturated carbocycles. The van der Waals surface area contributed by atoms with E-state index in [1.807, 2.05) is 24.3 Å². The highest BCUT2D eigenvalue weighted by Crippen LogP contribution is 2.19. The van der Waals surface area contributed by atoms with Gasteiger partial charge < -0.3 is 15.4 Å². The Morgan fingerprint density at radius 3 is 2.57 bits per heavy atom. The largest absolute Gasteiger partial charge is 0.439 e. The van der Waals surface area contributed by atoms with Crippen LogP contribution in [0.25, 0.3) is 0 Å². The Labute approximate surface area is 180 Å². The molecule has 2 heterocycles. The summed E-state index contributed by atoms with van der Waals surface area (Å²) < 4.78 is 18.7. The van der Waals surface area contributed by atoms with E-state index in [1.54, 1.807) is 37.6 Å². The van der Waals surface area contributed by atoms with Gasteiger partial charge in [-0.3, -0.25) is 9.98 Å². The number of halogens is 2. The number of aliphatic imine (C=N–C) groups is 1. The van der Waals surface area contributed by atoms with Crippen LogP contribution in [0.15, 0.2) is 72.0 Å². The Morgan fingerprint density at radius 1 is 1.04 bits per heavy atom. The average molecular weight is 493 g/mol. The van der Waals surface area contributed by atoms with E-state index in [4.69, 9.17) is 4.74 Å². The quantitative estimate of drug-likeness (QED) is 0.310. The van der Waals surface area contributed by atoms with Crippen molar-refractivity contribution >= 4 is 29.9 Å². The Balaban J connectivity index is 0.00000280. The summed E-state index contributed by atoms with van der Waals surface area (Å²) in [6, 6.07) is 15.3. The minimum atomic E-state index is -0.349. The van der Waals surface area contributed by atoms with E-state index >= 15 is 0 Å². The Bertz CT molecular complexity index is 891. The molecule has 0 spiro atoms. The van der Waals surface area contributed by atoms with Crippen molar-refractivity contribution in [1.82, 2.24) is 20.6 Å². The van der Waals surface area contributed by atoms with Gasteiger partial charge in [0.05, 0.1) is 12.2 Å². The molecule has 0 aliphatic rings. The standard InChI is InChI=1S/C20H20FN5O.HI/c1-22-20(26-14-17-6-2-3-10-23-17)25-13-15-8-9-19(24-12-15)27-18-7-4-5-16(21)11-18;/h2-12H,13-14H2,1H3,(H2,22,25,26);1H. The third kappa shape index (κ3) is 6.76. The van der Waals surface area contributed by atoms with Gasteiger partial charge in [0.2, 0.25) is 5.88 Å². The monoisotopic (exact) mass is 493 g/mol. The number of hydrogen-bond acceptors (Lipinski definition) is 4. The van der Waals surface area contributed by atoms with Gasteiger partial charge in [0.25, 0.3) is 0 Å². The van der Waals surface area contributed by atoms with Crippen LogP contribution in [-0.4, -0.2) is 23.0 Å². The maximum absolute atomic E-state index is 13.2. The van der Waals surface area contributed by atoms with Crippen molar-refractivity contribution in [3.63, 3.8) is 0 Å². The smallest absolute Gasteiger partial charge is 0.219 e. The predicted octanol–water partition coefficient (Wildman–Crippen LogP) is 3.89. The fourth-order valence-electron chi connectivity index (χ4n) is 2.31. The van der Waals surface area contributed by atoms with Gasteiger partial charge in [-0.2, -0.15) is 0 Å². The van der Waals surface area contributed by atoms with Crippen molar-refractivity contribution < 1.29 is 9.13 Å². The van der Waals surface area contributed by atoms with Crippen molar-refractivity contribution in [3.8, 4) is 11.6 Å². The fraction of sp³-hybridized carbons (Fsp3) is 0.150. The number of hydrogen-bond donors (Lipinski definition) is 2. The molecule has 0 unspecified atom stereocenters. The Kier molecular flexibility index (Phi) is 8.60. The topological polar surface area (TPSA) is 71.4 Å². The number of nitrogens with zero attached hydrogens (tertiary/aromatic N) is 3. The summed E-state index contributed by atoms with van der Waals surface area (Å²) in [4.78, 5) is 12.7. The summed E-state index contributed by atoms with van der Waals surface area (Å²) in [6.45, 7) is 1.13. The van der Waals surface area contributed by atoms with Crippen LogP contribution in [-0.2, 0) is 13.1 Å². The number of aromatic nitrogens is 2. The summed E-state index contributed by atoms with van der Waals surface area (Å²) in [7, 11) is 1.71. The second-order valence-electron chi connectivity index (χ2n) is 5.66. The molecule has 8 heteroatoms. The van der Waals surface area contributed by atoms with Gasteiger partial charge in [-0.05, 0) is 29.8 Å². The highest BCUT2D eigenvalue weighted by atomic mass is 127. The number of guanidine groups is 1. The lowest BCUT2D eigenvalue weighted by atomic mass is 10.3. The predicted molar refractivity (Wildman–Crippen MR) is 117 cm³/mol. The lowest BCUT2D eigenvalue weighted by Gasteiger charge is -2.12. The van der Waals surface area contributed by atoms with Crippen LogP contribution in [0, 0.1) is 5.82 Å². The van der Waals surface area contributed by atoms with E-state index in [2.05, 4.69) is 25.6 Å². The molecule has 2 aromatic heterocycles. The number of nitrogens with one attached hydrogen (secondary N) is 2. The lowest BCUT2D eigenvalue weighted by Crippen LogP contribution is -2.36. The minimum Gasteiger partial charge on any atom is -0.439 e. The summed E-state index contributed by atoms with van der Waals surface area (Å²) >= 11 is 0. The highest BCUT2D eigenvalue weighted by Gasteiger charge is 2.03. The van der Waals surface area contributed by atoms with E-state index < -0.39 is 0 Å². The molecular weight excluding hydrogens is 472 g/mol. The third-order valence-corrected chi connectivity index (χ3v) is 3.66. The third-order valence-electron chi connectivity index (χ3n) is 3.66. The molecule has 1 aromatic carbocycles. The molecule has 6 nitrogen and oxygen atoms in total. The second-order valence-corrected chi connectivity index (χ2v) is 5.66. The van der Waals surface area contributed by atoms with E-state index in [9.17, 15) is 4.39 Å². The first-order chi connectivity index (χ1) is 13.2. The SMILES string of the molecule is CN=C(NCc1ccc(Oc2cccc(F)c2)nc1)NCc1ccccn1.I. The molecule has 28 heavy (non-hydrogen) atoms. The molecule has 0 aliphatic carbocycles. The summed E-state index contributed by atoms with van der Waals surface area (Å²) in [5.41, 5.74) is 1.89. The van der Waals surface area contributed by atoms with Crippen molar-refractivity contribution in [2.24, 2.45) is 4.99 Å². The molecule has 0 radical (unpaired) electrons. The van der Waals surface area contributed by atoms with Gasteiger partial charge in [0.1, 0.15) is 11.6 Å². The van der Waals surface area contributed by atoms with Gasteiger partial charge in [0, 0.05) is 38.1 Å². The average Bonchev–Trinajstić information content (AvgIpc) is 2.70. The second kappa shape index (κ2) is 11.2. The van der Waals surface area contributed by atoms with E-state index in [0.29, 0.717) is 30.7 Å². The number of pyridine rings is 2. The molecule has 2 N–H and O–H groups in total. The van der Waals surface area contributed by atoms with Crippen molar-refractivity contribution in [1.29, 1.82) is 0 Å². The molecule has 146 valence electrons. The van der Waals surface area contributed by atoms with E-state index in [1.165, 1.54) is 12.1 Å². The first-order valence-corrected chi connectivity index (χ1v) is 8.46. The zero-order valence-electron chi connectivity index (χ0n) is 15.3. The lowest BCUT2D eigenvalue weighted by molar-refractivity contribution is 0.457. The van der Waals surface area contributed by atoms with Crippen molar-refractivity contribution in [2.45, 2.75) is 13.1 Å². The molecule has 0 atom stereocenters. The van der Waals surface area contributed by atoms with Crippen LogP contribution < -0.4 is 15.4 Å². The molecule has 0 saturated heterocycles. The van der Waals surface area contributed by atoms with E-state index in [-0.39, 0.29) is 29.8 Å². The summed E-state index contributed by atoms with van der Waals surface area (Å²) in [5.74, 6) is 1.13. The Morgan fingerprint density at radius 2 is 1.89 bits per heavy atom. The summed E-state index contributed by atoms with van der Waals surface area (Å²) in [5, 5.41) is 6.41. The van der Waals surface area contributed by atoms with Crippen molar-refractivity contribution in [2.75, 3.05) is 7.05 Å². The molecule has 3 rings (SSSR count). The fourth-order valence-corrected chi connectivity index (χ4v) is 2.31. The van der Waals surface area contributed by atoms with Crippen LogP contribution in [0.4, 0.5) is 4.39 Å². The first kappa shape index (κ1) is 21.5. The van der Waals surface area contributed by atoms with Gasteiger partial charge in [-0.15, -0.1) is 24.0 Å². The van der Waals surface area contributed by atoms with Gasteiger partial charge in [-0.25, -0.2) is 9.37 Å². The van der Waals surface area contributed by atoms with Crippen LogP contribution in [0.5, 0.6) is 11.6 Å². The van der Waals surface area contributed by atoms with Crippen molar-refractivity contribution in [3.05, 3.63) is 84.1 Å². The zero-order chi connectivity index (χ0) is 18.9. The van der Waals surface area contributed by atoms with Gasteiger partial charge in [0.15, 0.2) is 5.96 Å². The normalized spacial score (nSPS) is 10.7. The zero-order valence-corrected chi connectivity index (χ0v) is 17.6. The molecular formula is C20H21FIN5O. The molecule has 3 aromatic rings. The van der Waals surface area contributed by atoms with Crippen LogP contribution in [0.2, 0.25) is 0 Å². The molecule has 0 aliphatic heterocycles. The maximum atomic E-state index is 13.2. The van der Waals surface area contributed by atoms with E-state index in [0.717, 1.165) is 11.3 Å². The minimum absolute atomic E-state index is 0. The Hall–Kier alpha value is -2.75. The molecule has 0 bridgehead atoms. The van der Waals surface area contributed by atoms with Crippen LogP contribution >= 0.6 is 24.0 Å².